The van der Waals surface area contributed by atoms with Crippen LogP contribution in [0.4, 0.5) is 32.8 Å². The van der Waals surface area contributed by atoms with E-state index in [2.05, 4.69) is 163 Å². The Hall–Kier alpha value is -8.15. The first kappa shape index (κ1) is 38.3. The van der Waals surface area contributed by atoms with E-state index in [-0.39, 0.29) is 17.3 Å². The smallest absolute Gasteiger partial charge is 0.137 e. The Labute approximate surface area is 383 Å². The van der Waals surface area contributed by atoms with Crippen molar-refractivity contribution in [2.75, 3.05) is 9.80 Å². The number of allylic oxidation sites excluding steroid dienone is 2. The topological polar surface area (TPSA) is 24.9 Å². The highest BCUT2D eigenvalue weighted by Crippen LogP contribution is 2.56. The van der Waals surface area contributed by atoms with E-state index in [0.717, 1.165) is 95.5 Å². The van der Waals surface area contributed by atoms with Crippen LogP contribution in [-0.2, 0) is 5.41 Å². The lowest BCUT2D eigenvalue weighted by atomic mass is 9.82. The SMILES string of the molecule is CC1(C)c2ccccc2-c2ccc(N(c3ccccc3)c3ccc4c(c3)Oc3ccc5c6c(ccc-4c36)OC3CC(N(c4ccccc4)c4ccc(F)cc4-c4ccccc4)=CC=C53)cc21. The fourth-order valence-electron chi connectivity index (χ4n) is 10.9. The largest absolute Gasteiger partial charge is 0.485 e. The van der Waals surface area contributed by atoms with Gasteiger partial charge in [-0.3, -0.25) is 0 Å². The first-order valence-electron chi connectivity index (χ1n) is 22.7. The van der Waals surface area contributed by atoms with E-state index >= 15 is 0 Å². The summed E-state index contributed by atoms with van der Waals surface area (Å²) in [4.78, 5) is 4.58. The van der Waals surface area contributed by atoms with E-state index < -0.39 is 0 Å². The van der Waals surface area contributed by atoms with Gasteiger partial charge in [-0.2, -0.15) is 0 Å². The van der Waals surface area contributed by atoms with Crippen LogP contribution in [0.15, 0.2) is 212 Å². The molecule has 4 nitrogen and oxygen atoms in total. The van der Waals surface area contributed by atoms with Crippen LogP contribution in [0.5, 0.6) is 17.2 Å². The molecule has 2 aliphatic heterocycles. The van der Waals surface area contributed by atoms with Crippen LogP contribution in [0.1, 0.15) is 37.0 Å². The minimum absolute atomic E-state index is 0.124. The van der Waals surface area contributed by atoms with Gasteiger partial charge in [-0.15, -0.1) is 0 Å². The lowest BCUT2D eigenvalue weighted by Crippen LogP contribution is -2.30. The Bertz CT molecular complexity index is 3500. The maximum Gasteiger partial charge on any atom is 0.137 e. The van der Waals surface area contributed by atoms with Crippen LogP contribution in [0, 0.1) is 5.82 Å². The summed E-state index contributed by atoms with van der Waals surface area (Å²) in [7, 11) is 0. The summed E-state index contributed by atoms with van der Waals surface area (Å²) in [5.74, 6) is 2.19. The van der Waals surface area contributed by atoms with Gasteiger partial charge in [0.1, 0.15) is 29.2 Å². The third-order valence-corrected chi connectivity index (χ3v) is 14.0. The number of anilines is 5. The fourth-order valence-corrected chi connectivity index (χ4v) is 10.9. The summed E-state index contributed by atoms with van der Waals surface area (Å²) < 4.78 is 28.9. The molecule has 0 aromatic heterocycles. The molecule has 13 rings (SSSR count). The number of nitrogens with zero attached hydrogens (tertiary/aromatic N) is 2. The highest BCUT2D eigenvalue weighted by atomic mass is 19.1. The number of halogens is 1. The van der Waals surface area contributed by atoms with E-state index in [4.69, 9.17) is 9.47 Å². The molecule has 0 saturated heterocycles. The number of ether oxygens (including phenoxy) is 2. The van der Waals surface area contributed by atoms with Gasteiger partial charge in [0.05, 0.1) is 5.69 Å². The Balaban J connectivity index is 0.888. The third-order valence-electron chi connectivity index (χ3n) is 14.0. The second-order valence-corrected chi connectivity index (χ2v) is 18.1. The van der Waals surface area contributed by atoms with Gasteiger partial charge in [-0.1, -0.05) is 123 Å². The summed E-state index contributed by atoms with van der Waals surface area (Å²) in [5, 5.41) is 2.13. The van der Waals surface area contributed by atoms with Gasteiger partial charge in [0.25, 0.3) is 0 Å². The van der Waals surface area contributed by atoms with Crippen LogP contribution in [0.2, 0.25) is 0 Å². The molecule has 2 heterocycles. The first-order valence-corrected chi connectivity index (χ1v) is 22.7. The molecule has 66 heavy (non-hydrogen) atoms. The van der Waals surface area contributed by atoms with E-state index in [1.807, 2.05) is 54.6 Å². The van der Waals surface area contributed by atoms with Gasteiger partial charge >= 0.3 is 0 Å². The zero-order valence-corrected chi connectivity index (χ0v) is 36.5. The number of rotatable bonds is 7. The van der Waals surface area contributed by atoms with E-state index in [1.54, 1.807) is 12.1 Å². The monoisotopic (exact) mass is 854 g/mol. The first-order chi connectivity index (χ1) is 32.4. The maximum atomic E-state index is 15.0. The predicted octanol–water partition coefficient (Wildman–Crippen LogP) is 16.5. The molecule has 9 aromatic carbocycles. The Kier molecular flexibility index (Phi) is 8.53. The maximum absolute atomic E-state index is 15.0. The zero-order chi connectivity index (χ0) is 44.1. The second kappa shape index (κ2) is 14.7. The van der Waals surface area contributed by atoms with Crippen molar-refractivity contribution in [3.8, 4) is 50.6 Å². The predicted molar refractivity (Wildman–Crippen MR) is 267 cm³/mol. The molecule has 0 spiro atoms. The molecule has 5 heteroatoms. The second-order valence-electron chi connectivity index (χ2n) is 18.1. The van der Waals surface area contributed by atoms with E-state index in [1.165, 1.54) is 22.3 Å². The number of benzene rings is 9. The molecule has 0 fully saturated rings. The summed E-state index contributed by atoms with van der Waals surface area (Å²) in [6.07, 6.45) is 4.79. The molecule has 0 amide bonds. The van der Waals surface area contributed by atoms with Gasteiger partial charge in [-0.25, -0.2) is 4.39 Å². The molecule has 0 N–H and O–H groups in total. The average Bonchev–Trinajstić information content (AvgIpc) is 3.59. The Morgan fingerprint density at radius 3 is 1.88 bits per heavy atom. The summed E-state index contributed by atoms with van der Waals surface area (Å²) in [6.45, 7) is 4.66. The van der Waals surface area contributed by atoms with Crippen LogP contribution < -0.4 is 19.3 Å². The van der Waals surface area contributed by atoms with Crippen molar-refractivity contribution in [1.82, 2.24) is 0 Å². The van der Waals surface area contributed by atoms with Crippen molar-refractivity contribution in [2.24, 2.45) is 0 Å². The quantitative estimate of drug-likeness (QED) is 0.159. The van der Waals surface area contributed by atoms with Gasteiger partial charge in [-0.05, 0) is 130 Å². The molecular weight excluding hydrogens is 812 g/mol. The number of hydrogen-bond acceptors (Lipinski definition) is 4. The molecule has 0 saturated carbocycles. The fraction of sp³-hybridized carbons (Fsp3) is 0.0820. The van der Waals surface area contributed by atoms with Gasteiger partial charge < -0.3 is 19.3 Å². The van der Waals surface area contributed by atoms with Crippen molar-refractivity contribution >= 4 is 44.8 Å². The molecule has 0 bridgehead atoms. The van der Waals surface area contributed by atoms with Crippen LogP contribution in [0.25, 0.3) is 49.7 Å². The lowest BCUT2D eigenvalue weighted by molar-refractivity contribution is 0.256. The van der Waals surface area contributed by atoms with Crippen molar-refractivity contribution in [3.63, 3.8) is 0 Å². The number of fused-ring (bicyclic) bond motifs is 7. The summed E-state index contributed by atoms with van der Waals surface area (Å²) >= 11 is 0. The Morgan fingerprint density at radius 1 is 0.470 bits per heavy atom. The summed E-state index contributed by atoms with van der Waals surface area (Å²) in [6, 6.07) is 66.9. The molecular formula is C61H43FN2O2. The zero-order valence-electron chi connectivity index (χ0n) is 36.5. The van der Waals surface area contributed by atoms with Crippen LogP contribution in [-0.4, -0.2) is 6.10 Å². The molecule has 4 aliphatic rings. The lowest BCUT2D eigenvalue weighted by Gasteiger charge is -2.37. The molecule has 2 aliphatic carbocycles. The highest BCUT2D eigenvalue weighted by molar-refractivity contribution is 6.12. The van der Waals surface area contributed by atoms with Crippen molar-refractivity contribution < 1.29 is 13.9 Å². The standard InChI is InChI=1S/C61H43FN2O2/c1-61(2)52-21-13-12-20-45(52)46-26-23-42(35-53(46)61)63(40-16-8-4-9-17-40)43-24-27-47-49-29-33-56-60-50(30-32-55(59(49)60)65-57(47)36-43)48-28-25-44(37-58(48)66-56)64(41-18-10-5-11-19-41)54-31-22-39(62)34-51(54)38-14-6-3-7-15-38/h3-36,58H,37H2,1-2H3. The number of para-hydroxylation sites is 2. The van der Waals surface area contributed by atoms with Crippen LogP contribution >= 0.6 is 0 Å². The van der Waals surface area contributed by atoms with Gasteiger partial charge in [0, 0.05) is 73.8 Å². The van der Waals surface area contributed by atoms with Gasteiger partial charge in [0.2, 0.25) is 0 Å². The van der Waals surface area contributed by atoms with Gasteiger partial charge in [0.15, 0.2) is 0 Å². The van der Waals surface area contributed by atoms with Crippen molar-refractivity contribution in [1.29, 1.82) is 0 Å². The minimum Gasteiger partial charge on any atom is -0.485 e. The van der Waals surface area contributed by atoms with E-state index in [9.17, 15) is 4.39 Å². The molecule has 1 atom stereocenters. The average molecular weight is 855 g/mol. The molecule has 1 unspecified atom stereocenters. The van der Waals surface area contributed by atoms with E-state index in [0.29, 0.717) is 6.42 Å². The van der Waals surface area contributed by atoms with Crippen molar-refractivity contribution in [2.45, 2.75) is 31.8 Å². The molecule has 9 aromatic rings. The Morgan fingerprint density at radius 2 is 1.09 bits per heavy atom. The molecule has 0 radical (unpaired) electrons. The molecule has 316 valence electrons. The normalized spacial score (nSPS) is 15.5. The minimum atomic E-state index is -0.273. The van der Waals surface area contributed by atoms with Crippen LogP contribution in [0.3, 0.4) is 0 Å². The van der Waals surface area contributed by atoms with Crippen molar-refractivity contribution in [3.05, 3.63) is 234 Å². The third kappa shape index (κ3) is 5.89. The summed E-state index contributed by atoms with van der Waals surface area (Å²) in [5.41, 5.74) is 17.5. The number of hydrogen-bond donors (Lipinski definition) is 0. The highest BCUT2D eigenvalue weighted by Gasteiger charge is 2.37.